The summed E-state index contributed by atoms with van der Waals surface area (Å²) in [5.74, 6) is -0.423. The van der Waals surface area contributed by atoms with Crippen molar-refractivity contribution < 1.29 is 14.6 Å². The number of fused-ring (bicyclic) bond motifs is 1. The molecule has 2 rings (SSSR count). The molecule has 14 heavy (non-hydrogen) atoms. The SMILES string of the molecule is CC(=O)O[C@@H]1C=C[C@@H]2N=NC[C@@H]2[C@@H]1O. The molecule has 5 heteroatoms. The summed E-state index contributed by atoms with van der Waals surface area (Å²) in [7, 11) is 0. The van der Waals surface area contributed by atoms with E-state index in [-0.39, 0.29) is 17.9 Å². The van der Waals surface area contributed by atoms with E-state index in [0.29, 0.717) is 6.54 Å². The van der Waals surface area contributed by atoms with Crippen LogP contribution in [0.15, 0.2) is 22.4 Å². The summed E-state index contributed by atoms with van der Waals surface area (Å²) >= 11 is 0. The number of hydrogen-bond donors (Lipinski definition) is 1. The Hall–Kier alpha value is -1.23. The Morgan fingerprint density at radius 1 is 1.57 bits per heavy atom. The van der Waals surface area contributed by atoms with Crippen LogP contribution in [0, 0.1) is 5.92 Å². The van der Waals surface area contributed by atoms with Gasteiger partial charge in [-0.1, -0.05) is 6.08 Å². The van der Waals surface area contributed by atoms with Crippen molar-refractivity contribution in [2.75, 3.05) is 6.54 Å². The summed E-state index contributed by atoms with van der Waals surface area (Å²) in [6.45, 7) is 1.84. The molecule has 1 aliphatic carbocycles. The second-order valence-corrected chi connectivity index (χ2v) is 3.54. The number of azo groups is 1. The molecule has 0 saturated carbocycles. The zero-order valence-electron chi connectivity index (χ0n) is 7.83. The molecule has 76 valence electrons. The molecule has 5 nitrogen and oxygen atoms in total. The van der Waals surface area contributed by atoms with Gasteiger partial charge in [-0.2, -0.15) is 10.2 Å². The molecule has 1 N–H and O–H groups in total. The lowest BCUT2D eigenvalue weighted by atomic mass is 9.86. The Labute approximate surface area is 81.5 Å². The minimum absolute atomic E-state index is 0.0376. The second kappa shape index (κ2) is 3.49. The third-order valence-electron chi connectivity index (χ3n) is 2.52. The summed E-state index contributed by atoms with van der Waals surface area (Å²) in [6, 6.07) is -0.0446. The highest BCUT2D eigenvalue weighted by Gasteiger charge is 2.39. The van der Waals surface area contributed by atoms with Crippen LogP contribution < -0.4 is 0 Å². The summed E-state index contributed by atoms with van der Waals surface area (Å²) in [5, 5.41) is 17.7. The molecule has 1 heterocycles. The average molecular weight is 196 g/mol. The van der Waals surface area contributed by atoms with Gasteiger partial charge < -0.3 is 9.84 Å². The topological polar surface area (TPSA) is 71.2 Å². The van der Waals surface area contributed by atoms with Gasteiger partial charge in [0.2, 0.25) is 0 Å². The number of carbonyl (C=O) groups is 1. The molecule has 0 saturated heterocycles. The highest BCUT2D eigenvalue weighted by molar-refractivity contribution is 5.66. The van der Waals surface area contributed by atoms with Crippen LogP contribution in [-0.4, -0.2) is 35.9 Å². The lowest BCUT2D eigenvalue weighted by Gasteiger charge is -2.29. The van der Waals surface area contributed by atoms with Crippen molar-refractivity contribution in [1.29, 1.82) is 0 Å². The van der Waals surface area contributed by atoms with Gasteiger partial charge in [0.05, 0.1) is 12.6 Å². The van der Waals surface area contributed by atoms with Crippen LogP contribution in [0.4, 0.5) is 0 Å². The van der Waals surface area contributed by atoms with Gasteiger partial charge in [0, 0.05) is 12.8 Å². The van der Waals surface area contributed by atoms with Crippen molar-refractivity contribution in [2.24, 2.45) is 16.1 Å². The summed E-state index contributed by atoms with van der Waals surface area (Å²) in [5.41, 5.74) is 0. The standard InChI is InChI=1S/C9H12N2O3/c1-5(12)14-8-3-2-7-6(9(8)13)4-10-11-7/h2-3,6-9,13H,4H2,1H3/t6-,7-,8+,9-/m0/s1. The van der Waals surface area contributed by atoms with Crippen molar-refractivity contribution in [1.82, 2.24) is 0 Å². The predicted molar refractivity (Wildman–Crippen MR) is 47.7 cm³/mol. The minimum Gasteiger partial charge on any atom is -0.456 e. The molecule has 1 aliphatic heterocycles. The van der Waals surface area contributed by atoms with Gasteiger partial charge in [0.1, 0.15) is 12.2 Å². The van der Waals surface area contributed by atoms with E-state index in [1.54, 1.807) is 6.08 Å². The number of rotatable bonds is 1. The van der Waals surface area contributed by atoms with Crippen molar-refractivity contribution >= 4 is 5.97 Å². The number of aliphatic hydroxyl groups is 1. The first-order valence-corrected chi connectivity index (χ1v) is 4.58. The molecule has 4 atom stereocenters. The first-order valence-electron chi connectivity index (χ1n) is 4.58. The maximum absolute atomic E-state index is 10.7. The Morgan fingerprint density at radius 2 is 2.36 bits per heavy atom. The van der Waals surface area contributed by atoms with Crippen molar-refractivity contribution in [3.63, 3.8) is 0 Å². The molecular formula is C9H12N2O3. The fourth-order valence-corrected chi connectivity index (χ4v) is 1.80. The first kappa shape index (κ1) is 9.33. The predicted octanol–water partition coefficient (Wildman–Crippen LogP) is 0.299. The number of hydrogen-bond acceptors (Lipinski definition) is 5. The van der Waals surface area contributed by atoms with Gasteiger partial charge in [0.25, 0.3) is 0 Å². The third-order valence-corrected chi connectivity index (χ3v) is 2.52. The van der Waals surface area contributed by atoms with Crippen LogP contribution >= 0.6 is 0 Å². The van der Waals surface area contributed by atoms with Gasteiger partial charge in [-0.05, 0) is 6.08 Å². The highest BCUT2D eigenvalue weighted by atomic mass is 16.6. The van der Waals surface area contributed by atoms with E-state index in [9.17, 15) is 9.90 Å². The summed E-state index contributed by atoms with van der Waals surface area (Å²) in [6.07, 6.45) is 2.28. The van der Waals surface area contributed by atoms with Crippen LogP contribution in [0.3, 0.4) is 0 Å². The quantitative estimate of drug-likeness (QED) is 0.484. The average Bonchev–Trinajstić information content (AvgIpc) is 2.57. The molecule has 0 aromatic heterocycles. The van der Waals surface area contributed by atoms with Gasteiger partial charge in [0.15, 0.2) is 0 Å². The van der Waals surface area contributed by atoms with Crippen LogP contribution in [-0.2, 0) is 9.53 Å². The molecule has 0 amide bonds. The van der Waals surface area contributed by atoms with Crippen molar-refractivity contribution in [3.05, 3.63) is 12.2 Å². The largest absolute Gasteiger partial charge is 0.456 e. The minimum atomic E-state index is -0.691. The Morgan fingerprint density at radius 3 is 3.07 bits per heavy atom. The number of ether oxygens (including phenoxy) is 1. The first-order chi connectivity index (χ1) is 6.68. The molecule has 0 spiro atoms. The number of nitrogens with zero attached hydrogens (tertiary/aromatic N) is 2. The zero-order chi connectivity index (χ0) is 10.1. The second-order valence-electron chi connectivity index (χ2n) is 3.54. The molecule has 2 aliphatic rings. The van der Waals surface area contributed by atoms with Gasteiger partial charge in [-0.15, -0.1) is 0 Å². The van der Waals surface area contributed by atoms with E-state index >= 15 is 0 Å². The highest BCUT2D eigenvalue weighted by Crippen LogP contribution is 2.28. The number of carbonyl (C=O) groups excluding carboxylic acids is 1. The Bertz CT molecular complexity index is 300. The third kappa shape index (κ3) is 1.55. The van der Waals surface area contributed by atoms with Gasteiger partial charge in [-0.3, -0.25) is 4.79 Å². The van der Waals surface area contributed by atoms with E-state index in [0.717, 1.165) is 0 Å². The van der Waals surface area contributed by atoms with E-state index in [1.807, 2.05) is 6.08 Å². The van der Waals surface area contributed by atoms with Crippen LogP contribution in [0.1, 0.15) is 6.92 Å². The molecule has 0 bridgehead atoms. The fourth-order valence-electron chi connectivity index (χ4n) is 1.80. The van der Waals surface area contributed by atoms with Crippen molar-refractivity contribution in [3.8, 4) is 0 Å². The normalized spacial score (nSPS) is 39.6. The molecule has 0 aromatic rings. The number of aliphatic hydroxyl groups excluding tert-OH is 1. The molecule has 0 fully saturated rings. The van der Waals surface area contributed by atoms with Gasteiger partial charge in [-0.25, -0.2) is 0 Å². The lowest BCUT2D eigenvalue weighted by Crippen LogP contribution is -2.42. The number of esters is 1. The van der Waals surface area contributed by atoms with Gasteiger partial charge >= 0.3 is 5.97 Å². The van der Waals surface area contributed by atoms with E-state index in [2.05, 4.69) is 10.2 Å². The molecule has 0 radical (unpaired) electrons. The maximum Gasteiger partial charge on any atom is 0.303 e. The van der Waals surface area contributed by atoms with E-state index < -0.39 is 12.2 Å². The smallest absolute Gasteiger partial charge is 0.303 e. The fraction of sp³-hybridized carbons (Fsp3) is 0.667. The van der Waals surface area contributed by atoms with Crippen LogP contribution in [0.25, 0.3) is 0 Å². The molecular weight excluding hydrogens is 184 g/mol. The van der Waals surface area contributed by atoms with Crippen LogP contribution in [0.2, 0.25) is 0 Å². The summed E-state index contributed by atoms with van der Waals surface area (Å²) in [4.78, 5) is 10.7. The molecule has 0 aromatic carbocycles. The Kier molecular flexibility index (Phi) is 2.33. The van der Waals surface area contributed by atoms with E-state index in [4.69, 9.17) is 4.74 Å². The van der Waals surface area contributed by atoms with Crippen molar-refractivity contribution in [2.45, 2.75) is 25.2 Å². The zero-order valence-corrected chi connectivity index (χ0v) is 7.83. The molecule has 0 unspecified atom stereocenters. The Balaban J connectivity index is 2.09. The van der Waals surface area contributed by atoms with E-state index in [1.165, 1.54) is 6.92 Å². The maximum atomic E-state index is 10.7. The summed E-state index contributed by atoms with van der Waals surface area (Å²) < 4.78 is 4.95. The monoisotopic (exact) mass is 196 g/mol. The lowest BCUT2D eigenvalue weighted by molar-refractivity contribution is -0.150. The van der Waals surface area contributed by atoms with Crippen LogP contribution in [0.5, 0.6) is 0 Å².